The number of amides is 1. The van der Waals surface area contributed by atoms with Gasteiger partial charge >= 0.3 is 0 Å². The molecule has 35 heavy (non-hydrogen) atoms. The van der Waals surface area contributed by atoms with E-state index in [1.807, 2.05) is 13.8 Å². The third kappa shape index (κ3) is 3.62. The molecule has 10 nitrogen and oxygen atoms in total. The van der Waals surface area contributed by atoms with Crippen LogP contribution in [0.3, 0.4) is 0 Å². The highest BCUT2D eigenvalue weighted by atomic mass is 16.3. The van der Waals surface area contributed by atoms with Crippen molar-refractivity contribution in [2.45, 2.75) is 50.9 Å². The summed E-state index contributed by atoms with van der Waals surface area (Å²) in [5.74, 6) is -10.3. The van der Waals surface area contributed by atoms with Crippen LogP contribution in [0.2, 0.25) is 0 Å². The van der Waals surface area contributed by atoms with Crippen molar-refractivity contribution in [3.05, 3.63) is 28.8 Å². The maximum absolute atomic E-state index is 13.7. The molecule has 0 heterocycles. The molecule has 188 valence electrons. The number of Topliss-reactive ketones (excluding diaryl/α,β-unsaturated/α-hetero) is 4. The zero-order chi connectivity index (χ0) is 26.0. The molecule has 0 spiro atoms. The molecule has 0 radical (unpaired) electrons. The minimum absolute atomic E-state index is 0.0136. The number of carbonyl (C=O) groups excluding carboxylic acids is 5. The molecule has 0 aromatic heterocycles. The number of rotatable bonds is 5. The van der Waals surface area contributed by atoms with E-state index < -0.39 is 64.4 Å². The van der Waals surface area contributed by atoms with E-state index in [0.29, 0.717) is 12.1 Å². The molecule has 5 N–H and O–H groups in total. The smallest absolute Gasteiger partial charge is 0.235 e. The summed E-state index contributed by atoms with van der Waals surface area (Å²) in [5.41, 5.74) is 4.05. The number of aliphatic hydroxyl groups is 1. The van der Waals surface area contributed by atoms with E-state index in [-0.39, 0.29) is 30.2 Å². The highest BCUT2D eigenvalue weighted by Crippen LogP contribution is 2.50. The van der Waals surface area contributed by atoms with E-state index in [0.717, 1.165) is 5.56 Å². The first-order chi connectivity index (χ1) is 16.3. The van der Waals surface area contributed by atoms with E-state index in [4.69, 9.17) is 5.73 Å². The second-order valence-corrected chi connectivity index (χ2v) is 10.4. The van der Waals surface area contributed by atoms with Gasteiger partial charge in [-0.05, 0) is 50.0 Å². The Morgan fingerprint density at radius 1 is 1.20 bits per heavy atom. The van der Waals surface area contributed by atoms with Gasteiger partial charge in [-0.25, -0.2) is 0 Å². The highest BCUT2D eigenvalue weighted by molar-refractivity contribution is 6.32. The van der Waals surface area contributed by atoms with Crippen molar-refractivity contribution in [1.82, 2.24) is 10.2 Å². The van der Waals surface area contributed by atoms with Gasteiger partial charge in [-0.3, -0.25) is 28.9 Å². The fourth-order valence-electron chi connectivity index (χ4n) is 6.15. The molecule has 2 unspecified atom stereocenters. The first-order valence-electron chi connectivity index (χ1n) is 11.7. The molecule has 3 aliphatic rings. The highest BCUT2D eigenvalue weighted by Gasteiger charge is 2.69. The molecular formula is C25H31N3O7. The van der Waals surface area contributed by atoms with Crippen molar-refractivity contribution in [1.29, 1.82) is 0 Å². The van der Waals surface area contributed by atoms with Crippen LogP contribution in [-0.2, 0) is 32.1 Å². The largest absolute Gasteiger partial charge is 0.507 e. The summed E-state index contributed by atoms with van der Waals surface area (Å²) >= 11 is 0. The Hall–Kier alpha value is -2.95. The molecule has 2 fully saturated rings. The number of nitrogens with zero attached hydrogens (tertiary/aromatic N) is 1. The van der Waals surface area contributed by atoms with Crippen LogP contribution < -0.4 is 11.1 Å². The van der Waals surface area contributed by atoms with Gasteiger partial charge in [0, 0.05) is 18.5 Å². The lowest BCUT2D eigenvalue weighted by Gasteiger charge is -2.52. The standard InChI is InChI=1S/C25H31N3O7/c1-10(2)27-9-11-5-6-15(29)17-13(11)7-12-8-14-19(28(3)4)21(31)18(24(26)34)23(33)25(14,35)22(32)16(12)20(17)30/h5-6,10,12,14,16,18-19,27,29,35H,7-9H2,1-4H3,(H2,26,34)/t12-,14-,16?,18?,19-,25-/m1/s1. The van der Waals surface area contributed by atoms with Crippen LogP contribution in [0.5, 0.6) is 5.75 Å². The summed E-state index contributed by atoms with van der Waals surface area (Å²) < 4.78 is 0. The lowest BCUT2D eigenvalue weighted by Crippen LogP contribution is -2.74. The molecule has 2 saturated carbocycles. The predicted molar refractivity (Wildman–Crippen MR) is 123 cm³/mol. The first kappa shape index (κ1) is 25.2. The number of nitrogens with two attached hydrogens (primary N) is 1. The minimum atomic E-state index is -2.71. The molecule has 1 aromatic rings. The Morgan fingerprint density at radius 3 is 2.43 bits per heavy atom. The topological polar surface area (TPSA) is 167 Å². The molecule has 10 heteroatoms. The monoisotopic (exact) mass is 485 g/mol. The second kappa shape index (κ2) is 8.61. The molecular weight excluding hydrogens is 454 g/mol. The number of phenolic OH excluding ortho intramolecular Hbond substituents is 1. The van der Waals surface area contributed by atoms with E-state index >= 15 is 0 Å². The molecule has 0 aliphatic heterocycles. The molecule has 4 rings (SSSR count). The van der Waals surface area contributed by atoms with Crippen LogP contribution in [0, 0.1) is 23.7 Å². The average molecular weight is 486 g/mol. The molecule has 1 amide bonds. The minimum Gasteiger partial charge on any atom is -0.507 e. The zero-order valence-corrected chi connectivity index (χ0v) is 20.2. The Labute approximate surface area is 202 Å². The van der Waals surface area contributed by atoms with E-state index in [9.17, 15) is 34.2 Å². The fraction of sp³-hybridized carbons (Fsp3) is 0.560. The maximum atomic E-state index is 13.7. The Bertz CT molecular complexity index is 1140. The second-order valence-electron chi connectivity index (χ2n) is 10.4. The number of phenols is 1. The number of hydrogen-bond donors (Lipinski definition) is 4. The van der Waals surface area contributed by atoms with Gasteiger partial charge in [0.25, 0.3) is 0 Å². The van der Waals surface area contributed by atoms with Gasteiger partial charge in [-0.2, -0.15) is 0 Å². The van der Waals surface area contributed by atoms with Crippen LogP contribution in [0.4, 0.5) is 0 Å². The number of nitrogens with one attached hydrogen (secondary N) is 1. The fourth-order valence-corrected chi connectivity index (χ4v) is 6.15. The zero-order valence-electron chi connectivity index (χ0n) is 20.2. The number of fused-ring (bicyclic) bond motifs is 3. The maximum Gasteiger partial charge on any atom is 0.235 e. The predicted octanol–water partition coefficient (Wildman–Crippen LogP) is -0.635. The number of benzene rings is 1. The van der Waals surface area contributed by atoms with Gasteiger partial charge in [0.15, 0.2) is 34.7 Å². The summed E-state index contributed by atoms with van der Waals surface area (Å²) in [7, 11) is 3.12. The average Bonchev–Trinajstić information content (AvgIpc) is 2.75. The van der Waals surface area contributed by atoms with Crippen LogP contribution in [0.25, 0.3) is 0 Å². The SMILES string of the molecule is CC(C)NCc1ccc(O)c2c1C[C@@H]1C[C@@H]3[C@@H](N(C)C)C(=O)C(C(N)=O)C(=O)[C@]3(O)C(=O)C1C2=O. The summed E-state index contributed by atoms with van der Waals surface area (Å²) in [6.45, 7) is 4.41. The van der Waals surface area contributed by atoms with Crippen LogP contribution in [0.15, 0.2) is 12.1 Å². The number of primary amides is 1. The normalized spacial score (nSPS) is 32.5. The summed E-state index contributed by atoms with van der Waals surface area (Å²) in [5, 5.41) is 25.4. The van der Waals surface area contributed by atoms with Crippen LogP contribution >= 0.6 is 0 Å². The third-order valence-electron chi connectivity index (χ3n) is 7.74. The summed E-state index contributed by atoms with van der Waals surface area (Å²) in [6, 6.07) is 2.19. The lowest BCUT2D eigenvalue weighted by molar-refractivity contribution is -0.181. The van der Waals surface area contributed by atoms with Crippen LogP contribution in [-0.4, -0.2) is 75.9 Å². The number of ketones is 4. The number of hydrogen-bond acceptors (Lipinski definition) is 9. The first-order valence-corrected chi connectivity index (χ1v) is 11.7. The molecule has 0 bridgehead atoms. The van der Waals surface area contributed by atoms with Crippen molar-refractivity contribution in [3.63, 3.8) is 0 Å². The van der Waals surface area contributed by atoms with E-state index in [1.165, 1.54) is 11.0 Å². The molecule has 0 saturated heterocycles. The Kier molecular flexibility index (Phi) is 6.19. The van der Waals surface area contributed by atoms with Crippen LogP contribution in [0.1, 0.15) is 41.8 Å². The van der Waals surface area contributed by atoms with Gasteiger partial charge in [0.2, 0.25) is 5.91 Å². The number of carbonyl (C=O) groups is 5. The summed E-state index contributed by atoms with van der Waals surface area (Å²) in [4.78, 5) is 67.1. The van der Waals surface area contributed by atoms with Gasteiger partial charge in [0.05, 0.1) is 17.5 Å². The van der Waals surface area contributed by atoms with E-state index in [2.05, 4.69) is 5.32 Å². The van der Waals surface area contributed by atoms with Crippen molar-refractivity contribution < 1.29 is 34.2 Å². The van der Waals surface area contributed by atoms with Crippen molar-refractivity contribution >= 4 is 29.0 Å². The molecule has 6 atom stereocenters. The van der Waals surface area contributed by atoms with Gasteiger partial charge in [-0.15, -0.1) is 0 Å². The molecule has 3 aliphatic carbocycles. The number of likely N-dealkylation sites (N-methyl/N-ethyl adjacent to an activating group) is 1. The Balaban J connectivity index is 1.83. The van der Waals surface area contributed by atoms with Gasteiger partial charge in [0.1, 0.15) is 5.75 Å². The van der Waals surface area contributed by atoms with Gasteiger partial charge < -0.3 is 21.3 Å². The molecule has 1 aromatic carbocycles. The van der Waals surface area contributed by atoms with Crippen molar-refractivity contribution in [3.8, 4) is 5.75 Å². The number of aromatic hydroxyl groups is 1. The van der Waals surface area contributed by atoms with Gasteiger partial charge in [-0.1, -0.05) is 19.9 Å². The van der Waals surface area contributed by atoms with Crippen molar-refractivity contribution in [2.24, 2.45) is 29.4 Å². The lowest BCUT2D eigenvalue weighted by atomic mass is 9.52. The summed E-state index contributed by atoms with van der Waals surface area (Å²) in [6.07, 6.45) is 0.298. The van der Waals surface area contributed by atoms with Crippen molar-refractivity contribution in [2.75, 3.05) is 14.1 Å². The van der Waals surface area contributed by atoms with E-state index in [1.54, 1.807) is 20.2 Å². The third-order valence-corrected chi connectivity index (χ3v) is 7.74. The quantitative estimate of drug-likeness (QED) is 0.397. The Morgan fingerprint density at radius 2 is 1.86 bits per heavy atom.